The van der Waals surface area contributed by atoms with Crippen molar-refractivity contribution in [2.24, 2.45) is 0 Å². The summed E-state index contributed by atoms with van der Waals surface area (Å²) < 4.78 is 26.6. The highest BCUT2D eigenvalue weighted by atomic mass is 19.3. The van der Waals surface area contributed by atoms with Gasteiger partial charge in [0.25, 0.3) is 12.0 Å². The molecule has 0 radical (unpaired) electrons. The van der Waals surface area contributed by atoms with Gasteiger partial charge in [0.05, 0.1) is 10.9 Å². The van der Waals surface area contributed by atoms with Gasteiger partial charge >= 0.3 is 0 Å². The molecule has 18 heavy (non-hydrogen) atoms. The van der Waals surface area contributed by atoms with Gasteiger partial charge in [0.2, 0.25) is 0 Å². The summed E-state index contributed by atoms with van der Waals surface area (Å²) in [7, 11) is 0. The first kappa shape index (κ1) is 10.8. The van der Waals surface area contributed by atoms with Crippen molar-refractivity contribution in [3.8, 4) is 0 Å². The Balaban J connectivity index is 2.45. The van der Waals surface area contributed by atoms with Gasteiger partial charge in [0.1, 0.15) is 5.65 Å². The number of fused-ring (bicyclic) bond motifs is 2. The molecule has 2 aromatic heterocycles. The molecule has 0 aliphatic heterocycles. The maximum Gasteiger partial charge on any atom is 0.265 e. The Morgan fingerprint density at radius 2 is 2.00 bits per heavy atom. The van der Waals surface area contributed by atoms with E-state index in [9.17, 15) is 13.6 Å². The minimum Gasteiger partial charge on any atom is -0.268 e. The van der Waals surface area contributed by atoms with E-state index < -0.39 is 6.43 Å². The summed E-state index contributed by atoms with van der Waals surface area (Å²) in [4.78, 5) is 16.4. The number of aromatic nitrogens is 2. The van der Waals surface area contributed by atoms with Crippen LogP contribution >= 0.6 is 0 Å². The first-order valence-corrected chi connectivity index (χ1v) is 5.36. The molecule has 0 unspecified atom stereocenters. The molecule has 0 aliphatic carbocycles. The van der Waals surface area contributed by atoms with Crippen molar-refractivity contribution in [3.63, 3.8) is 0 Å². The van der Waals surface area contributed by atoms with Gasteiger partial charge in [-0.15, -0.1) is 0 Å². The Labute approximate surface area is 100 Å². The number of hydrogen-bond donors (Lipinski definition) is 0. The molecule has 3 aromatic rings. The summed E-state index contributed by atoms with van der Waals surface area (Å²) in [6, 6.07) is 9.10. The smallest absolute Gasteiger partial charge is 0.265 e. The molecule has 2 heterocycles. The van der Waals surface area contributed by atoms with E-state index in [1.807, 2.05) is 0 Å². The van der Waals surface area contributed by atoms with Gasteiger partial charge in [-0.3, -0.25) is 9.20 Å². The van der Waals surface area contributed by atoms with Crippen molar-refractivity contribution in [2.45, 2.75) is 6.43 Å². The van der Waals surface area contributed by atoms with Gasteiger partial charge < -0.3 is 0 Å². The lowest BCUT2D eigenvalue weighted by atomic mass is 10.1. The summed E-state index contributed by atoms with van der Waals surface area (Å²) in [5.74, 6) is 0. The number of halogens is 2. The predicted octanol–water partition coefficient (Wildman–Crippen LogP) is 2.79. The topological polar surface area (TPSA) is 34.4 Å². The molecular formula is C13H8F2N2O. The van der Waals surface area contributed by atoms with E-state index >= 15 is 0 Å². The highest BCUT2D eigenvalue weighted by Gasteiger charge is 2.10. The number of pyridine rings is 1. The molecule has 90 valence electrons. The maximum absolute atomic E-state index is 12.6. The average Bonchev–Trinajstić information content (AvgIpc) is 2.38. The maximum atomic E-state index is 12.6. The van der Waals surface area contributed by atoms with E-state index in [2.05, 4.69) is 4.98 Å². The van der Waals surface area contributed by atoms with Gasteiger partial charge in [-0.25, -0.2) is 13.8 Å². The zero-order valence-corrected chi connectivity index (χ0v) is 9.18. The second-order valence-electron chi connectivity index (χ2n) is 3.92. The van der Waals surface area contributed by atoms with Crippen LogP contribution in [0.3, 0.4) is 0 Å². The lowest BCUT2D eigenvalue weighted by Crippen LogP contribution is -2.14. The third-order valence-electron chi connectivity index (χ3n) is 2.80. The molecule has 5 heteroatoms. The summed E-state index contributed by atoms with van der Waals surface area (Å²) in [5.41, 5.74) is 0.422. The van der Waals surface area contributed by atoms with Crippen LogP contribution < -0.4 is 5.56 Å². The second kappa shape index (κ2) is 3.87. The Morgan fingerprint density at radius 1 is 1.17 bits per heavy atom. The number of alkyl halides is 2. The fourth-order valence-electron chi connectivity index (χ4n) is 1.91. The van der Waals surface area contributed by atoms with Crippen molar-refractivity contribution >= 4 is 16.6 Å². The van der Waals surface area contributed by atoms with Crippen LogP contribution in [0, 0.1) is 0 Å². The summed E-state index contributed by atoms with van der Waals surface area (Å²) in [5, 5.41) is 0.205. The quantitative estimate of drug-likeness (QED) is 0.619. The van der Waals surface area contributed by atoms with Crippen LogP contribution in [0.5, 0.6) is 0 Å². The van der Waals surface area contributed by atoms with Gasteiger partial charge in [-0.1, -0.05) is 12.1 Å². The largest absolute Gasteiger partial charge is 0.268 e. The minimum atomic E-state index is -2.59. The average molecular weight is 246 g/mol. The van der Waals surface area contributed by atoms with E-state index in [0.29, 0.717) is 11.2 Å². The van der Waals surface area contributed by atoms with Crippen molar-refractivity contribution in [1.82, 2.24) is 9.38 Å². The lowest BCUT2D eigenvalue weighted by molar-refractivity contribution is 0.151. The summed E-state index contributed by atoms with van der Waals surface area (Å²) in [6.07, 6.45) is -1.02. The molecule has 0 aliphatic rings. The van der Waals surface area contributed by atoms with Gasteiger partial charge in [-0.05, 0) is 24.3 Å². The molecule has 3 rings (SSSR count). The zero-order valence-electron chi connectivity index (χ0n) is 9.18. The van der Waals surface area contributed by atoms with Gasteiger partial charge in [0, 0.05) is 11.8 Å². The molecule has 3 nitrogen and oxygen atoms in total. The van der Waals surface area contributed by atoms with Crippen LogP contribution in [-0.2, 0) is 0 Å². The molecule has 0 fully saturated rings. The van der Waals surface area contributed by atoms with E-state index in [1.165, 1.54) is 22.6 Å². The number of hydrogen-bond acceptors (Lipinski definition) is 2. The first-order chi connectivity index (χ1) is 8.66. The van der Waals surface area contributed by atoms with Gasteiger partial charge in [-0.2, -0.15) is 0 Å². The Kier molecular flexibility index (Phi) is 2.33. The fraction of sp³-hybridized carbons (Fsp3) is 0.0769. The molecular weight excluding hydrogens is 238 g/mol. The molecule has 0 atom stereocenters. The molecule has 1 aromatic carbocycles. The predicted molar refractivity (Wildman–Crippen MR) is 63.9 cm³/mol. The summed E-state index contributed by atoms with van der Waals surface area (Å²) >= 11 is 0. The molecule has 0 saturated heterocycles. The number of benzene rings is 1. The minimum absolute atomic E-state index is 0.169. The van der Waals surface area contributed by atoms with Crippen molar-refractivity contribution in [3.05, 3.63) is 58.5 Å². The number of rotatable bonds is 1. The molecule has 0 spiro atoms. The standard InChI is InChI=1S/C13H8F2N2O/c14-12(15)8-4-5-10-9(7-8)13(18)17-6-2-1-3-11(17)16-10/h1-7,12H. The molecule has 0 saturated carbocycles. The zero-order chi connectivity index (χ0) is 12.7. The Bertz CT molecular complexity index is 796. The Hall–Kier alpha value is -2.30. The van der Waals surface area contributed by atoms with Crippen molar-refractivity contribution < 1.29 is 8.78 Å². The summed E-state index contributed by atoms with van der Waals surface area (Å²) in [6.45, 7) is 0. The molecule has 0 bridgehead atoms. The van der Waals surface area contributed by atoms with Crippen LogP contribution in [0.25, 0.3) is 16.6 Å². The monoisotopic (exact) mass is 246 g/mol. The van der Waals surface area contributed by atoms with Crippen LogP contribution in [0.1, 0.15) is 12.0 Å². The second-order valence-corrected chi connectivity index (χ2v) is 3.92. The van der Waals surface area contributed by atoms with Crippen LogP contribution in [0.2, 0.25) is 0 Å². The highest BCUT2D eigenvalue weighted by molar-refractivity contribution is 5.80. The third-order valence-corrected chi connectivity index (χ3v) is 2.80. The Morgan fingerprint density at radius 3 is 2.78 bits per heavy atom. The van der Waals surface area contributed by atoms with Crippen LogP contribution in [0.15, 0.2) is 47.4 Å². The van der Waals surface area contributed by atoms with Crippen LogP contribution in [-0.4, -0.2) is 9.38 Å². The number of nitrogens with zero attached hydrogens (tertiary/aromatic N) is 2. The SMILES string of the molecule is O=c1c2cc(C(F)F)ccc2nc2ccccn12. The third kappa shape index (κ3) is 1.55. The highest BCUT2D eigenvalue weighted by Crippen LogP contribution is 2.21. The fourth-order valence-corrected chi connectivity index (χ4v) is 1.91. The normalized spacial score (nSPS) is 11.5. The van der Waals surface area contributed by atoms with E-state index in [-0.39, 0.29) is 16.5 Å². The van der Waals surface area contributed by atoms with E-state index in [1.54, 1.807) is 24.4 Å². The molecule has 0 N–H and O–H groups in total. The van der Waals surface area contributed by atoms with Crippen LogP contribution in [0.4, 0.5) is 8.78 Å². The van der Waals surface area contributed by atoms with Crippen molar-refractivity contribution in [1.29, 1.82) is 0 Å². The van der Waals surface area contributed by atoms with E-state index in [4.69, 9.17) is 0 Å². The first-order valence-electron chi connectivity index (χ1n) is 5.36. The lowest BCUT2D eigenvalue weighted by Gasteiger charge is -2.04. The van der Waals surface area contributed by atoms with E-state index in [0.717, 1.165) is 0 Å². The molecule has 0 amide bonds. The van der Waals surface area contributed by atoms with Crippen molar-refractivity contribution in [2.75, 3.05) is 0 Å². The van der Waals surface area contributed by atoms with Gasteiger partial charge in [0.15, 0.2) is 0 Å².